The van der Waals surface area contributed by atoms with Crippen molar-refractivity contribution in [1.29, 1.82) is 0 Å². The largest absolute Gasteiger partial charge is 0.496 e. The van der Waals surface area contributed by atoms with Gasteiger partial charge in [0.1, 0.15) is 5.75 Å². The number of para-hydroxylation sites is 1. The van der Waals surface area contributed by atoms with Gasteiger partial charge in [0.05, 0.1) is 25.6 Å². The SMILES string of the molecule is C=CCN(c1ccc(C(=O)N(C)Cc2ccccc2OC)cc1)S(C)(=O)=O. The molecule has 2 rings (SSSR count). The molecule has 0 atom stereocenters. The van der Waals surface area contributed by atoms with Crippen molar-refractivity contribution in [3.63, 3.8) is 0 Å². The van der Waals surface area contributed by atoms with E-state index < -0.39 is 10.0 Å². The summed E-state index contributed by atoms with van der Waals surface area (Å²) in [5, 5.41) is 0. The average Bonchev–Trinajstić information content (AvgIpc) is 2.65. The summed E-state index contributed by atoms with van der Waals surface area (Å²) in [5.74, 6) is 0.558. The Balaban J connectivity index is 2.18. The Bertz CT molecular complexity index is 908. The van der Waals surface area contributed by atoms with Crippen molar-refractivity contribution in [3.8, 4) is 5.75 Å². The molecule has 0 N–H and O–H groups in total. The summed E-state index contributed by atoms with van der Waals surface area (Å²) >= 11 is 0. The number of amides is 1. The highest BCUT2D eigenvalue weighted by atomic mass is 32.2. The third-order valence-electron chi connectivity index (χ3n) is 4.04. The summed E-state index contributed by atoms with van der Waals surface area (Å²) in [6, 6.07) is 14.0. The van der Waals surface area contributed by atoms with Crippen LogP contribution in [0.15, 0.2) is 61.2 Å². The van der Waals surface area contributed by atoms with E-state index in [9.17, 15) is 13.2 Å². The molecule has 0 aliphatic heterocycles. The van der Waals surface area contributed by atoms with E-state index in [0.717, 1.165) is 17.6 Å². The Hall–Kier alpha value is -2.80. The third kappa shape index (κ3) is 5.10. The summed E-state index contributed by atoms with van der Waals surface area (Å²) in [6.07, 6.45) is 2.65. The van der Waals surface area contributed by atoms with E-state index in [0.29, 0.717) is 17.8 Å². The zero-order valence-electron chi connectivity index (χ0n) is 15.8. The lowest BCUT2D eigenvalue weighted by atomic mass is 10.1. The molecule has 1 amide bonds. The number of carbonyl (C=O) groups is 1. The number of hydrogen-bond acceptors (Lipinski definition) is 4. The second kappa shape index (κ2) is 8.73. The van der Waals surface area contributed by atoms with Crippen LogP contribution in [0.4, 0.5) is 5.69 Å². The van der Waals surface area contributed by atoms with Crippen LogP contribution in [0.1, 0.15) is 15.9 Å². The maximum atomic E-state index is 12.7. The van der Waals surface area contributed by atoms with E-state index in [-0.39, 0.29) is 12.5 Å². The van der Waals surface area contributed by atoms with Crippen molar-refractivity contribution in [2.24, 2.45) is 0 Å². The van der Waals surface area contributed by atoms with E-state index >= 15 is 0 Å². The van der Waals surface area contributed by atoms with Crippen molar-refractivity contribution in [1.82, 2.24) is 4.90 Å². The number of ether oxygens (including phenoxy) is 1. The van der Waals surface area contributed by atoms with Crippen molar-refractivity contribution in [3.05, 3.63) is 72.3 Å². The lowest BCUT2D eigenvalue weighted by molar-refractivity contribution is 0.0784. The number of sulfonamides is 1. The quantitative estimate of drug-likeness (QED) is 0.652. The number of benzene rings is 2. The summed E-state index contributed by atoms with van der Waals surface area (Å²) in [6.45, 7) is 4.15. The van der Waals surface area contributed by atoms with Crippen LogP contribution in [0, 0.1) is 0 Å². The maximum Gasteiger partial charge on any atom is 0.253 e. The molecule has 2 aromatic rings. The third-order valence-corrected chi connectivity index (χ3v) is 5.20. The molecule has 0 aromatic heterocycles. The molecule has 27 heavy (non-hydrogen) atoms. The van der Waals surface area contributed by atoms with E-state index in [1.165, 1.54) is 10.4 Å². The van der Waals surface area contributed by atoms with Crippen LogP contribution < -0.4 is 9.04 Å². The fourth-order valence-electron chi connectivity index (χ4n) is 2.70. The van der Waals surface area contributed by atoms with Gasteiger partial charge in [-0.05, 0) is 30.3 Å². The topological polar surface area (TPSA) is 66.9 Å². The van der Waals surface area contributed by atoms with Crippen molar-refractivity contribution in [2.75, 3.05) is 31.3 Å². The minimum Gasteiger partial charge on any atom is -0.496 e. The number of rotatable bonds is 8. The Labute approximate surface area is 160 Å². The molecule has 0 fully saturated rings. The van der Waals surface area contributed by atoms with Crippen LogP contribution >= 0.6 is 0 Å². The van der Waals surface area contributed by atoms with Gasteiger partial charge in [0.15, 0.2) is 0 Å². The Morgan fingerprint density at radius 3 is 2.33 bits per heavy atom. The smallest absolute Gasteiger partial charge is 0.253 e. The van der Waals surface area contributed by atoms with Gasteiger partial charge < -0.3 is 9.64 Å². The van der Waals surface area contributed by atoms with Gasteiger partial charge in [-0.25, -0.2) is 8.42 Å². The Morgan fingerprint density at radius 1 is 1.15 bits per heavy atom. The standard InChI is InChI=1S/C20H24N2O4S/c1-5-14-22(27(4,24)25)18-12-10-16(11-13-18)20(23)21(2)15-17-8-6-7-9-19(17)26-3/h5-13H,1,14-15H2,2-4H3. The fraction of sp³-hybridized carbons (Fsp3) is 0.250. The van der Waals surface area contributed by atoms with E-state index in [4.69, 9.17) is 4.74 Å². The number of anilines is 1. The first-order chi connectivity index (χ1) is 12.8. The van der Waals surface area contributed by atoms with Gasteiger partial charge in [0.25, 0.3) is 5.91 Å². The second-order valence-corrected chi connectivity index (χ2v) is 8.01. The van der Waals surface area contributed by atoms with Crippen molar-refractivity contribution >= 4 is 21.6 Å². The fourth-order valence-corrected chi connectivity index (χ4v) is 3.58. The highest BCUT2D eigenvalue weighted by molar-refractivity contribution is 7.92. The number of methoxy groups -OCH3 is 1. The molecule has 0 aliphatic rings. The number of hydrogen-bond donors (Lipinski definition) is 0. The maximum absolute atomic E-state index is 12.7. The molecule has 0 bridgehead atoms. The lowest BCUT2D eigenvalue weighted by Gasteiger charge is -2.22. The van der Waals surface area contributed by atoms with Gasteiger partial charge in [-0.3, -0.25) is 9.10 Å². The predicted octanol–water partition coefficient (Wildman–Crippen LogP) is 2.92. The van der Waals surface area contributed by atoms with Gasteiger partial charge in [-0.1, -0.05) is 24.3 Å². The zero-order valence-corrected chi connectivity index (χ0v) is 16.6. The van der Waals surface area contributed by atoms with E-state index in [2.05, 4.69) is 6.58 Å². The lowest BCUT2D eigenvalue weighted by Crippen LogP contribution is -2.30. The van der Waals surface area contributed by atoms with Gasteiger partial charge in [0.2, 0.25) is 10.0 Å². The molecule has 0 radical (unpaired) electrons. The van der Waals surface area contributed by atoms with Crippen molar-refractivity contribution in [2.45, 2.75) is 6.54 Å². The van der Waals surface area contributed by atoms with Crippen LogP contribution in [0.2, 0.25) is 0 Å². The molecule has 7 heteroatoms. The van der Waals surface area contributed by atoms with Gasteiger partial charge in [-0.2, -0.15) is 0 Å². The molecule has 0 heterocycles. The second-order valence-electron chi connectivity index (χ2n) is 6.10. The van der Waals surface area contributed by atoms with E-state index in [1.807, 2.05) is 24.3 Å². The predicted molar refractivity (Wildman–Crippen MR) is 108 cm³/mol. The first kappa shape index (κ1) is 20.5. The Morgan fingerprint density at radius 2 is 1.78 bits per heavy atom. The highest BCUT2D eigenvalue weighted by Gasteiger charge is 2.18. The molecule has 0 saturated carbocycles. The monoisotopic (exact) mass is 388 g/mol. The van der Waals surface area contributed by atoms with Crippen LogP contribution in [0.3, 0.4) is 0 Å². The normalized spacial score (nSPS) is 10.9. The summed E-state index contributed by atoms with van der Waals surface area (Å²) in [4.78, 5) is 14.3. The van der Waals surface area contributed by atoms with Gasteiger partial charge in [0, 0.05) is 24.7 Å². The first-order valence-electron chi connectivity index (χ1n) is 8.34. The zero-order chi connectivity index (χ0) is 20.0. The van der Waals surface area contributed by atoms with Crippen LogP contribution in [0.5, 0.6) is 5.75 Å². The van der Waals surface area contributed by atoms with Crippen LogP contribution in [-0.2, 0) is 16.6 Å². The van der Waals surface area contributed by atoms with Gasteiger partial charge >= 0.3 is 0 Å². The minimum absolute atomic E-state index is 0.165. The first-order valence-corrected chi connectivity index (χ1v) is 10.2. The molecule has 2 aromatic carbocycles. The molecule has 0 saturated heterocycles. The number of nitrogens with zero attached hydrogens (tertiary/aromatic N) is 2. The average molecular weight is 388 g/mol. The Kier molecular flexibility index (Phi) is 6.63. The van der Waals surface area contributed by atoms with Crippen LogP contribution in [-0.4, -0.2) is 46.2 Å². The summed E-state index contributed by atoms with van der Waals surface area (Å²) in [5.41, 5.74) is 1.87. The van der Waals surface area contributed by atoms with Gasteiger partial charge in [-0.15, -0.1) is 6.58 Å². The number of carbonyl (C=O) groups excluding carboxylic acids is 1. The molecule has 0 aliphatic carbocycles. The van der Waals surface area contributed by atoms with Crippen molar-refractivity contribution < 1.29 is 17.9 Å². The molecule has 6 nitrogen and oxygen atoms in total. The molecule has 0 spiro atoms. The molecule has 144 valence electrons. The van der Waals surface area contributed by atoms with E-state index in [1.54, 1.807) is 43.3 Å². The van der Waals surface area contributed by atoms with Crippen LogP contribution in [0.25, 0.3) is 0 Å². The minimum atomic E-state index is -3.43. The molecular weight excluding hydrogens is 364 g/mol. The molecule has 0 unspecified atom stereocenters. The molecular formula is C20H24N2O4S. The summed E-state index contributed by atoms with van der Waals surface area (Å²) < 4.78 is 30.4. The summed E-state index contributed by atoms with van der Waals surface area (Å²) in [7, 11) is -0.120. The highest BCUT2D eigenvalue weighted by Crippen LogP contribution is 2.21.